The van der Waals surface area contributed by atoms with Gasteiger partial charge in [0.1, 0.15) is 0 Å². The van der Waals surface area contributed by atoms with E-state index < -0.39 is 0 Å². The van der Waals surface area contributed by atoms with Crippen LogP contribution in [0, 0.1) is 0 Å². The Morgan fingerprint density at radius 2 is 1.92 bits per heavy atom. The van der Waals surface area contributed by atoms with Gasteiger partial charge in [0.2, 0.25) is 0 Å². The van der Waals surface area contributed by atoms with E-state index in [1.54, 1.807) is 0 Å². The summed E-state index contributed by atoms with van der Waals surface area (Å²) in [5.41, 5.74) is 1.89. The van der Waals surface area contributed by atoms with Crippen molar-refractivity contribution in [1.82, 2.24) is 15.1 Å². The van der Waals surface area contributed by atoms with Crippen molar-refractivity contribution in [1.29, 1.82) is 0 Å². The van der Waals surface area contributed by atoms with E-state index in [4.69, 9.17) is 0 Å². The van der Waals surface area contributed by atoms with Crippen LogP contribution in [0.25, 0.3) is 0 Å². The summed E-state index contributed by atoms with van der Waals surface area (Å²) in [5, 5.41) is 3.46. The molecule has 144 valence electrons. The SMILES string of the molecule is CCN(CC)C(=O)c1ccc(CNC(=NC)N2CCSC(C)(C)C2)cc1. The van der Waals surface area contributed by atoms with Gasteiger partial charge in [0, 0.05) is 55.8 Å². The van der Waals surface area contributed by atoms with E-state index in [1.807, 2.05) is 61.8 Å². The Morgan fingerprint density at radius 3 is 2.46 bits per heavy atom. The van der Waals surface area contributed by atoms with Gasteiger partial charge in [0.15, 0.2) is 5.96 Å². The first-order valence-electron chi connectivity index (χ1n) is 9.38. The van der Waals surface area contributed by atoms with E-state index in [0.717, 1.165) is 49.0 Å². The van der Waals surface area contributed by atoms with E-state index in [2.05, 4.69) is 29.1 Å². The third kappa shape index (κ3) is 5.40. The van der Waals surface area contributed by atoms with Crippen LogP contribution in [0.3, 0.4) is 0 Å². The molecule has 0 atom stereocenters. The monoisotopic (exact) mass is 376 g/mol. The molecule has 6 heteroatoms. The molecule has 0 spiro atoms. The molecule has 2 rings (SSSR count). The first-order valence-corrected chi connectivity index (χ1v) is 10.4. The van der Waals surface area contributed by atoms with Crippen LogP contribution in [-0.2, 0) is 6.54 Å². The average molecular weight is 377 g/mol. The Morgan fingerprint density at radius 1 is 1.27 bits per heavy atom. The summed E-state index contributed by atoms with van der Waals surface area (Å²) in [6.07, 6.45) is 0. The molecule has 0 aliphatic carbocycles. The zero-order valence-corrected chi connectivity index (χ0v) is 17.5. The molecule has 1 saturated heterocycles. The highest BCUT2D eigenvalue weighted by molar-refractivity contribution is 8.00. The fourth-order valence-electron chi connectivity index (χ4n) is 3.17. The van der Waals surface area contributed by atoms with E-state index in [-0.39, 0.29) is 10.7 Å². The first kappa shape index (κ1) is 20.6. The molecule has 1 aromatic carbocycles. The number of thioether (sulfide) groups is 1. The van der Waals surface area contributed by atoms with Gasteiger partial charge in [-0.3, -0.25) is 9.79 Å². The van der Waals surface area contributed by atoms with Crippen LogP contribution in [0.5, 0.6) is 0 Å². The molecule has 1 aliphatic heterocycles. The number of guanidine groups is 1. The summed E-state index contributed by atoms with van der Waals surface area (Å²) < 4.78 is 0.252. The lowest BCUT2D eigenvalue weighted by Crippen LogP contribution is -2.50. The molecule has 0 saturated carbocycles. The first-order chi connectivity index (χ1) is 12.4. The summed E-state index contributed by atoms with van der Waals surface area (Å²) in [7, 11) is 1.84. The molecule has 0 aromatic heterocycles. The summed E-state index contributed by atoms with van der Waals surface area (Å²) in [5.74, 6) is 2.16. The maximum atomic E-state index is 12.4. The molecular formula is C20H32N4OS. The molecule has 1 N–H and O–H groups in total. The number of nitrogens with one attached hydrogen (secondary N) is 1. The average Bonchev–Trinajstić information content (AvgIpc) is 2.63. The quantitative estimate of drug-likeness (QED) is 0.634. The predicted molar refractivity (Wildman–Crippen MR) is 112 cm³/mol. The second-order valence-corrected chi connectivity index (χ2v) is 8.91. The van der Waals surface area contributed by atoms with Crippen LogP contribution in [0.15, 0.2) is 29.3 Å². The summed E-state index contributed by atoms with van der Waals surface area (Å²) in [6, 6.07) is 7.88. The summed E-state index contributed by atoms with van der Waals surface area (Å²) in [6.45, 7) is 12.8. The lowest BCUT2D eigenvalue weighted by atomic mass is 10.1. The van der Waals surface area contributed by atoms with Crippen molar-refractivity contribution in [2.75, 3.05) is 39.0 Å². The van der Waals surface area contributed by atoms with Gasteiger partial charge in [-0.1, -0.05) is 12.1 Å². The van der Waals surface area contributed by atoms with Gasteiger partial charge in [0.05, 0.1) is 0 Å². The van der Waals surface area contributed by atoms with Gasteiger partial charge in [-0.15, -0.1) is 0 Å². The van der Waals surface area contributed by atoms with Crippen LogP contribution in [0.2, 0.25) is 0 Å². The van der Waals surface area contributed by atoms with Crippen molar-refractivity contribution < 1.29 is 4.79 Å². The second kappa shape index (κ2) is 9.31. The van der Waals surface area contributed by atoms with Crippen LogP contribution in [0.4, 0.5) is 0 Å². The molecule has 1 amide bonds. The molecule has 1 fully saturated rings. The van der Waals surface area contributed by atoms with Gasteiger partial charge >= 0.3 is 0 Å². The number of rotatable bonds is 5. The Hall–Kier alpha value is -1.69. The van der Waals surface area contributed by atoms with Crippen molar-refractivity contribution in [3.05, 3.63) is 35.4 Å². The second-order valence-electron chi connectivity index (χ2n) is 7.10. The number of benzene rings is 1. The lowest BCUT2D eigenvalue weighted by molar-refractivity contribution is 0.0773. The molecular weight excluding hydrogens is 344 g/mol. The molecule has 26 heavy (non-hydrogen) atoms. The third-order valence-corrected chi connectivity index (χ3v) is 5.94. The Balaban J connectivity index is 1.95. The van der Waals surface area contributed by atoms with Crippen LogP contribution < -0.4 is 5.32 Å². The predicted octanol–water partition coefficient (Wildman–Crippen LogP) is 3.07. The fourth-order valence-corrected chi connectivity index (χ4v) is 4.28. The maximum Gasteiger partial charge on any atom is 0.253 e. The highest BCUT2D eigenvalue weighted by atomic mass is 32.2. The number of carbonyl (C=O) groups is 1. The minimum absolute atomic E-state index is 0.0957. The molecule has 1 aliphatic rings. The Bertz CT molecular complexity index is 623. The minimum Gasteiger partial charge on any atom is -0.352 e. The molecule has 1 heterocycles. The number of amides is 1. The van der Waals surface area contributed by atoms with Crippen LogP contribution in [0.1, 0.15) is 43.6 Å². The van der Waals surface area contributed by atoms with E-state index in [1.165, 1.54) is 0 Å². The highest BCUT2D eigenvalue weighted by Gasteiger charge is 2.28. The van der Waals surface area contributed by atoms with Crippen molar-refractivity contribution in [2.24, 2.45) is 4.99 Å². The van der Waals surface area contributed by atoms with E-state index in [9.17, 15) is 4.79 Å². The number of carbonyl (C=O) groups excluding carboxylic acids is 1. The topological polar surface area (TPSA) is 47.9 Å². The zero-order valence-electron chi connectivity index (χ0n) is 16.7. The molecule has 0 bridgehead atoms. The minimum atomic E-state index is 0.0957. The molecule has 1 aromatic rings. The van der Waals surface area contributed by atoms with Gasteiger partial charge < -0.3 is 15.1 Å². The summed E-state index contributed by atoms with van der Waals surface area (Å²) >= 11 is 2.02. The number of hydrogen-bond donors (Lipinski definition) is 1. The molecule has 0 radical (unpaired) electrons. The molecule has 5 nitrogen and oxygen atoms in total. The maximum absolute atomic E-state index is 12.4. The smallest absolute Gasteiger partial charge is 0.253 e. The number of hydrogen-bond acceptors (Lipinski definition) is 3. The van der Waals surface area contributed by atoms with Gasteiger partial charge in [-0.25, -0.2) is 0 Å². The van der Waals surface area contributed by atoms with Crippen molar-refractivity contribution in [3.63, 3.8) is 0 Å². The zero-order chi connectivity index (χ0) is 19.2. The van der Waals surface area contributed by atoms with Crippen molar-refractivity contribution in [2.45, 2.75) is 39.0 Å². The van der Waals surface area contributed by atoms with Crippen molar-refractivity contribution >= 4 is 23.6 Å². The Kier molecular flexibility index (Phi) is 7.38. The largest absolute Gasteiger partial charge is 0.352 e. The Labute approximate surface area is 162 Å². The number of aliphatic imine (C=N–C) groups is 1. The fraction of sp³-hybridized carbons (Fsp3) is 0.600. The third-order valence-electron chi connectivity index (χ3n) is 4.64. The van der Waals surface area contributed by atoms with Gasteiger partial charge in [-0.2, -0.15) is 11.8 Å². The highest BCUT2D eigenvalue weighted by Crippen LogP contribution is 2.29. The summed E-state index contributed by atoms with van der Waals surface area (Å²) in [4.78, 5) is 21.0. The number of nitrogens with zero attached hydrogens (tertiary/aromatic N) is 3. The lowest BCUT2D eigenvalue weighted by Gasteiger charge is -2.39. The van der Waals surface area contributed by atoms with E-state index in [0.29, 0.717) is 6.54 Å². The molecule has 0 unspecified atom stereocenters. The van der Waals surface area contributed by atoms with E-state index >= 15 is 0 Å². The standard InChI is InChI=1S/C20H32N4OS/c1-6-23(7-2)18(25)17-10-8-16(9-11-17)14-22-19(21-5)24-12-13-26-20(3,4)15-24/h8-11H,6-7,12-15H2,1-5H3,(H,21,22). The van der Waals surface area contributed by atoms with Crippen LogP contribution >= 0.6 is 11.8 Å². The normalized spacial score (nSPS) is 17.1. The van der Waals surface area contributed by atoms with Gasteiger partial charge in [-0.05, 0) is 45.4 Å². The van der Waals surface area contributed by atoms with Crippen LogP contribution in [-0.4, -0.2) is 65.4 Å². The van der Waals surface area contributed by atoms with Crippen molar-refractivity contribution in [3.8, 4) is 0 Å². The van der Waals surface area contributed by atoms with Gasteiger partial charge in [0.25, 0.3) is 5.91 Å².